The van der Waals surface area contributed by atoms with Crippen LogP contribution < -0.4 is 4.74 Å². The lowest BCUT2D eigenvalue weighted by Gasteiger charge is -2.32. The quantitative estimate of drug-likeness (QED) is 0.770. The summed E-state index contributed by atoms with van der Waals surface area (Å²) in [7, 11) is -1.66. The van der Waals surface area contributed by atoms with Crippen molar-refractivity contribution in [1.29, 1.82) is 0 Å². The minimum Gasteiger partial charge on any atom is -0.494 e. The zero-order valence-corrected chi connectivity index (χ0v) is 15.8. The van der Waals surface area contributed by atoms with Crippen molar-refractivity contribution in [2.24, 2.45) is 5.92 Å². The Morgan fingerprint density at radius 3 is 2.48 bits per heavy atom. The van der Waals surface area contributed by atoms with E-state index in [-0.39, 0.29) is 35.0 Å². The summed E-state index contributed by atoms with van der Waals surface area (Å²) in [6, 6.07) is 4.52. The summed E-state index contributed by atoms with van der Waals surface area (Å²) in [6.07, 6.45) is 1.51. The van der Waals surface area contributed by atoms with Crippen LogP contribution in [0.15, 0.2) is 18.2 Å². The molecule has 0 atom stereocenters. The zero-order valence-electron chi connectivity index (χ0n) is 15.0. The van der Waals surface area contributed by atoms with Crippen LogP contribution in [-0.2, 0) is 21.1 Å². The molecule has 1 aromatic rings. The van der Waals surface area contributed by atoms with Crippen molar-refractivity contribution in [1.82, 2.24) is 4.90 Å². The van der Waals surface area contributed by atoms with Gasteiger partial charge in [-0.15, -0.1) is 0 Å². The number of rotatable bonds is 6. The number of piperidine rings is 1. The average Bonchev–Trinajstić information content (AvgIpc) is 2.55. The van der Waals surface area contributed by atoms with E-state index in [1.54, 1.807) is 24.8 Å². The first-order chi connectivity index (χ1) is 11.7. The van der Waals surface area contributed by atoms with Crippen LogP contribution in [0.4, 0.5) is 4.39 Å². The van der Waals surface area contributed by atoms with E-state index in [0.29, 0.717) is 31.5 Å². The summed E-state index contributed by atoms with van der Waals surface area (Å²) in [5, 5.41) is -0.364. The predicted molar refractivity (Wildman–Crippen MR) is 94.9 cm³/mol. The van der Waals surface area contributed by atoms with E-state index >= 15 is 0 Å². The molecule has 0 saturated carbocycles. The van der Waals surface area contributed by atoms with Gasteiger partial charge >= 0.3 is 0 Å². The van der Waals surface area contributed by atoms with Crippen LogP contribution in [0.2, 0.25) is 0 Å². The first kappa shape index (κ1) is 19.7. The van der Waals surface area contributed by atoms with Gasteiger partial charge in [-0.3, -0.25) is 4.79 Å². The molecule has 0 N–H and O–H groups in total. The molecule has 1 fully saturated rings. The molecule has 7 heteroatoms. The predicted octanol–water partition coefficient (Wildman–Crippen LogP) is 2.44. The van der Waals surface area contributed by atoms with Crippen molar-refractivity contribution in [2.75, 3.05) is 26.0 Å². The second-order valence-electron chi connectivity index (χ2n) is 6.85. The number of halogens is 1. The Bertz CT molecular complexity index is 710. The van der Waals surface area contributed by atoms with E-state index in [1.165, 1.54) is 19.2 Å². The van der Waals surface area contributed by atoms with Gasteiger partial charge in [-0.05, 0) is 50.3 Å². The van der Waals surface area contributed by atoms with Crippen LogP contribution in [0.5, 0.6) is 5.75 Å². The molecule has 0 aromatic heterocycles. The fourth-order valence-corrected chi connectivity index (χ4v) is 4.35. The first-order valence-electron chi connectivity index (χ1n) is 8.54. The molecule has 0 spiro atoms. The normalized spacial score (nSPS) is 16.3. The van der Waals surface area contributed by atoms with Crippen LogP contribution in [0.3, 0.4) is 0 Å². The molecule has 140 valence electrons. The molecular formula is C18H26FNO4S. The summed E-state index contributed by atoms with van der Waals surface area (Å²) in [6.45, 7) is 4.50. The highest BCUT2D eigenvalue weighted by Crippen LogP contribution is 2.22. The Labute approximate surface area is 149 Å². The molecule has 0 bridgehead atoms. The minimum atomic E-state index is -3.05. The van der Waals surface area contributed by atoms with Crippen LogP contribution in [-0.4, -0.2) is 50.4 Å². The van der Waals surface area contributed by atoms with E-state index in [2.05, 4.69) is 0 Å². The van der Waals surface area contributed by atoms with Gasteiger partial charge in [0, 0.05) is 13.1 Å². The van der Waals surface area contributed by atoms with E-state index in [0.717, 1.165) is 0 Å². The van der Waals surface area contributed by atoms with Gasteiger partial charge in [-0.1, -0.05) is 6.07 Å². The van der Waals surface area contributed by atoms with Crippen LogP contribution in [0.1, 0.15) is 32.3 Å². The lowest BCUT2D eigenvalue weighted by molar-refractivity contribution is -0.131. The van der Waals surface area contributed by atoms with Gasteiger partial charge in [0.15, 0.2) is 21.4 Å². The fraction of sp³-hybridized carbons (Fsp3) is 0.611. The molecule has 1 aliphatic rings. The van der Waals surface area contributed by atoms with E-state index in [1.807, 2.05) is 0 Å². The maximum Gasteiger partial charge on any atom is 0.226 e. The van der Waals surface area contributed by atoms with Crippen LogP contribution in [0.25, 0.3) is 0 Å². The Morgan fingerprint density at radius 2 is 1.96 bits per heavy atom. The number of hydrogen-bond donors (Lipinski definition) is 0. The first-order valence-corrected chi connectivity index (χ1v) is 10.3. The second kappa shape index (κ2) is 8.17. The van der Waals surface area contributed by atoms with E-state index in [4.69, 9.17) is 4.74 Å². The largest absolute Gasteiger partial charge is 0.494 e. The third-order valence-electron chi connectivity index (χ3n) is 4.73. The standard InChI is InChI=1S/C18H26FNO4S/c1-13(2)25(22,23)12-14-6-8-20(9-7-14)18(21)11-15-4-5-17(24-3)16(19)10-15/h4-5,10,13-14H,6-9,11-12H2,1-3H3. The monoisotopic (exact) mass is 371 g/mol. The molecule has 1 saturated heterocycles. The smallest absolute Gasteiger partial charge is 0.226 e. The molecule has 25 heavy (non-hydrogen) atoms. The Morgan fingerprint density at radius 1 is 1.32 bits per heavy atom. The highest BCUT2D eigenvalue weighted by atomic mass is 32.2. The van der Waals surface area contributed by atoms with Crippen LogP contribution >= 0.6 is 0 Å². The summed E-state index contributed by atoms with van der Waals surface area (Å²) >= 11 is 0. The van der Waals surface area contributed by atoms with Crippen molar-refractivity contribution < 1.29 is 22.3 Å². The van der Waals surface area contributed by atoms with E-state index in [9.17, 15) is 17.6 Å². The summed E-state index contributed by atoms with van der Waals surface area (Å²) in [4.78, 5) is 14.1. The number of benzene rings is 1. The number of carbonyl (C=O) groups excluding carboxylic acids is 1. The lowest BCUT2D eigenvalue weighted by Crippen LogP contribution is -2.41. The molecule has 1 heterocycles. The van der Waals surface area contributed by atoms with Crippen molar-refractivity contribution >= 4 is 15.7 Å². The van der Waals surface area contributed by atoms with Crippen molar-refractivity contribution in [2.45, 2.75) is 38.4 Å². The van der Waals surface area contributed by atoms with Crippen molar-refractivity contribution in [3.05, 3.63) is 29.6 Å². The van der Waals surface area contributed by atoms with Crippen LogP contribution in [0, 0.1) is 11.7 Å². The molecule has 0 unspecified atom stereocenters. The van der Waals surface area contributed by atoms with Gasteiger partial charge in [-0.25, -0.2) is 12.8 Å². The number of likely N-dealkylation sites (tertiary alicyclic amines) is 1. The van der Waals surface area contributed by atoms with Gasteiger partial charge in [0.25, 0.3) is 0 Å². The minimum absolute atomic E-state index is 0.0604. The average molecular weight is 371 g/mol. The van der Waals surface area contributed by atoms with Gasteiger partial charge in [-0.2, -0.15) is 0 Å². The topological polar surface area (TPSA) is 63.7 Å². The highest BCUT2D eigenvalue weighted by Gasteiger charge is 2.28. The zero-order chi connectivity index (χ0) is 18.6. The molecule has 0 radical (unpaired) electrons. The Hall–Kier alpha value is -1.63. The molecule has 2 rings (SSSR count). The van der Waals surface area contributed by atoms with Crippen molar-refractivity contribution in [3.63, 3.8) is 0 Å². The summed E-state index contributed by atoms with van der Waals surface area (Å²) < 4.78 is 42.6. The third kappa shape index (κ3) is 5.17. The number of sulfone groups is 1. The van der Waals surface area contributed by atoms with Gasteiger partial charge in [0.2, 0.25) is 5.91 Å². The summed E-state index contributed by atoms with van der Waals surface area (Å²) in [5.74, 6) is -0.0884. The number of amides is 1. The van der Waals surface area contributed by atoms with Gasteiger partial charge in [0.05, 0.1) is 24.5 Å². The highest BCUT2D eigenvalue weighted by molar-refractivity contribution is 7.91. The number of ether oxygens (including phenoxy) is 1. The second-order valence-corrected chi connectivity index (χ2v) is 9.45. The maximum absolute atomic E-state index is 13.7. The molecule has 1 aromatic carbocycles. The van der Waals surface area contributed by atoms with Gasteiger partial charge in [0.1, 0.15) is 0 Å². The molecular weight excluding hydrogens is 345 g/mol. The number of nitrogens with zero attached hydrogens (tertiary/aromatic N) is 1. The SMILES string of the molecule is COc1ccc(CC(=O)N2CCC(CS(=O)(=O)C(C)C)CC2)cc1F. The maximum atomic E-state index is 13.7. The number of methoxy groups -OCH3 is 1. The lowest BCUT2D eigenvalue weighted by atomic mass is 9.98. The molecule has 1 amide bonds. The van der Waals surface area contributed by atoms with Crippen molar-refractivity contribution in [3.8, 4) is 5.75 Å². The number of carbonyl (C=O) groups is 1. The molecule has 0 aliphatic carbocycles. The van der Waals surface area contributed by atoms with E-state index < -0.39 is 15.7 Å². The Kier molecular flexibility index (Phi) is 6.43. The molecule has 1 aliphatic heterocycles. The third-order valence-corrected chi connectivity index (χ3v) is 7.10. The van der Waals surface area contributed by atoms with Gasteiger partial charge < -0.3 is 9.64 Å². The summed E-state index contributed by atoms with van der Waals surface area (Å²) in [5.41, 5.74) is 0.604. The number of hydrogen-bond acceptors (Lipinski definition) is 4. The molecule has 5 nitrogen and oxygen atoms in total. The fourth-order valence-electron chi connectivity index (χ4n) is 2.98. The Balaban J connectivity index is 1.88.